The molecule has 3 rings (SSSR count). The maximum atomic E-state index is 12.7. The van der Waals surface area contributed by atoms with Crippen molar-refractivity contribution in [2.45, 2.75) is 4.90 Å². The first-order valence-corrected chi connectivity index (χ1v) is 11.1. The van der Waals surface area contributed by atoms with E-state index in [0.29, 0.717) is 5.69 Å². The predicted octanol–water partition coefficient (Wildman–Crippen LogP) is 3.04. The highest BCUT2D eigenvalue weighted by atomic mass is 32.2. The molecule has 0 spiro atoms. The molecule has 0 atom stereocenters. The lowest BCUT2D eigenvalue weighted by Crippen LogP contribution is -2.24. The third kappa shape index (κ3) is 3.81. The van der Waals surface area contributed by atoms with Crippen LogP contribution in [0.1, 0.15) is 0 Å². The van der Waals surface area contributed by atoms with Gasteiger partial charge >= 0.3 is 0 Å². The summed E-state index contributed by atoms with van der Waals surface area (Å²) in [6.45, 7) is 0. The SMILES string of the molecule is CN(c1cccc(NS(=O)(=O)c2ccc3ccccc3c2)c1)S(C)(=O)=O. The zero-order valence-corrected chi connectivity index (χ0v) is 15.9. The fourth-order valence-corrected chi connectivity index (χ4v) is 4.09. The molecule has 8 heteroatoms. The Labute approximate surface area is 153 Å². The van der Waals surface area contributed by atoms with Crippen LogP contribution in [0.3, 0.4) is 0 Å². The number of nitrogens with zero attached hydrogens (tertiary/aromatic N) is 1. The van der Waals surface area contributed by atoms with E-state index in [0.717, 1.165) is 21.3 Å². The fourth-order valence-electron chi connectivity index (χ4n) is 2.51. The molecule has 3 aromatic rings. The maximum absolute atomic E-state index is 12.7. The Bertz CT molecular complexity index is 1170. The average Bonchev–Trinajstić information content (AvgIpc) is 2.59. The number of rotatable bonds is 5. The summed E-state index contributed by atoms with van der Waals surface area (Å²) < 4.78 is 52.3. The second-order valence-electron chi connectivity index (χ2n) is 5.90. The highest BCUT2D eigenvalue weighted by molar-refractivity contribution is 7.92. The van der Waals surface area contributed by atoms with Gasteiger partial charge in [-0.15, -0.1) is 0 Å². The van der Waals surface area contributed by atoms with Gasteiger partial charge in [0.1, 0.15) is 0 Å². The van der Waals surface area contributed by atoms with Gasteiger partial charge in [-0.25, -0.2) is 16.8 Å². The monoisotopic (exact) mass is 390 g/mol. The first kappa shape index (κ1) is 18.2. The van der Waals surface area contributed by atoms with Gasteiger partial charge in [0, 0.05) is 7.05 Å². The van der Waals surface area contributed by atoms with Crippen molar-refractivity contribution in [3.63, 3.8) is 0 Å². The average molecular weight is 390 g/mol. The minimum absolute atomic E-state index is 0.137. The molecule has 136 valence electrons. The van der Waals surface area contributed by atoms with Crippen LogP contribution in [0.2, 0.25) is 0 Å². The van der Waals surface area contributed by atoms with E-state index >= 15 is 0 Å². The summed E-state index contributed by atoms with van der Waals surface area (Å²) in [5, 5.41) is 1.77. The predicted molar refractivity (Wildman–Crippen MR) is 104 cm³/mol. The molecule has 1 N–H and O–H groups in total. The standard InChI is InChI=1S/C18H18N2O4S2/c1-20(25(2,21)22)17-9-5-8-16(13-17)19-26(23,24)18-11-10-14-6-3-4-7-15(14)12-18/h3-13,19H,1-2H3. The molecule has 0 aliphatic carbocycles. The van der Waals surface area contributed by atoms with Crippen molar-refractivity contribution in [2.75, 3.05) is 22.3 Å². The van der Waals surface area contributed by atoms with E-state index in [4.69, 9.17) is 0 Å². The molecule has 0 radical (unpaired) electrons. The second kappa shape index (κ2) is 6.62. The lowest BCUT2D eigenvalue weighted by molar-refractivity contribution is 0.599. The van der Waals surface area contributed by atoms with Crippen LogP contribution >= 0.6 is 0 Å². The fraction of sp³-hybridized carbons (Fsp3) is 0.111. The lowest BCUT2D eigenvalue weighted by Gasteiger charge is -2.17. The Morgan fingerprint density at radius 2 is 1.50 bits per heavy atom. The van der Waals surface area contributed by atoms with Gasteiger partial charge in [-0.2, -0.15) is 0 Å². The molecule has 0 saturated carbocycles. The molecule has 26 heavy (non-hydrogen) atoms. The molecule has 3 aromatic carbocycles. The van der Waals surface area contributed by atoms with Crippen LogP contribution in [0.5, 0.6) is 0 Å². The van der Waals surface area contributed by atoms with E-state index in [-0.39, 0.29) is 10.6 Å². The van der Waals surface area contributed by atoms with Crippen molar-refractivity contribution in [3.8, 4) is 0 Å². The number of sulfonamides is 2. The minimum atomic E-state index is -3.80. The van der Waals surface area contributed by atoms with Crippen molar-refractivity contribution >= 4 is 42.2 Å². The van der Waals surface area contributed by atoms with Crippen LogP contribution < -0.4 is 9.03 Å². The quantitative estimate of drug-likeness (QED) is 0.726. The van der Waals surface area contributed by atoms with Crippen LogP contribution in [0.15, 0.2) is 71.6 Å². The Morgan fingerprint density at radius 3 is 2.19 bits per heavy atom. The van der Waals surface area contributed by atoms with Crippen molar-refractivity contribution in [3.05, 3.63) is 66.7 Å². The topological polar surface area (TPSA) is 83.6 Å². The maximum Gasteiger partial charge on any atom is 0.261 e. The Morgan fingerprint density at radius 1 is 0.808 bits per heavy atom. The molecule has 0 heterocycles. The highest BCUT2D eigenvalue weighted by Gasteiger charge is 2.17. The highest BCUT2D eigenvalue weighted by Crippen LogP contribution is 2.24. The summed E-state index contributed by atoms with van der Waals surface area (Å²) in [5.41, 5.74) is 0.650. The van der Waals surface area contributed by atoms with E-state index in [2.05, 4.69) is 4.72 Å². The van der Waals surface area contributed by atoms with Crippen LogP contribution in [0, 0.1) is 0 Å². The molecule has 0 aromatic heterocycles. The minimum Gasteiger partial charge on any atom is -0.280 e. The zero-order valence-electron chi connectivity index (χ0n) is 14.2. The van der Waals surface area contributed by atoms with E-state index in [9.17, 15) is 16.8 Å². The van der Waals surface area contributed by atoms with Crippen LogP contribution in [0.25, 0.3) is 10.8 Å². The van der Waals surface area contributed by atoms with Gasteiger partial charge in [-0.05, 0) is 41.1 Å². The first-order valence-electron chi connectivity index (χ1n) is 7.72. The molecule has 0 aliphatic rings. The van der Waals surface area contributed by atoms with Crippen LogP contribution in [-0.2, 0) is 20.0 Å². The summed E-state index contributed by atoms with van der Waals surface area (Å²) >= 11 is 0. The Hall–Kier alpha value is -2.58. The molecule has 0 fully saturated rings. The normalized spacial score (nSPS) is 12.1. The summed E-state index contributed by atoms with van der Waals surface area (Å²) in [6, 6.07) is 18.6. The third-order valence-corrected chi connectivity index (χ3v) is 6.58. The molecule has 0 aliphatic heterocycles. The van der Waals surface area contributed by atoms with Crippen LogP contribution in [-0.4, -0.2) is 30.1 Å². The largest absolute Gasteiger partial charge is 0.280 e. The summed E-state index contributed by atoms with van der Waals surface area (Å²) in [5.74, 6) is 0. The van der Waals surface area contributed by atoms with Gasteiger partial charge < -0.3 is 0 Å². The van der Waals surface area contributed by atoms with Crippen molar-refractivity contribution < 1.29 is 16.8 Å². The molecular weight excluding hydrogens is 372 g/mol. The Balaban J connectivity index is 1.94. The summed E-state index contributed by atoms with van der Waals surface area (Å²) in [6.07, 6.45) is 1.08. The summed E-state index contributed by atoms with van der Waals surface area (Å²) in [4.78, 5) is 0.137. The first-order chi connectivity index (χ1) is 12.2. The van der Waals surface area contributed by atoms with Crippen molar-refractivity contribution in [2.24, 2.45) is 0 Å². The van der Waals surface area contributed by atoms with Crippen LogP contribution in [0.4, 0.5) is 11.4 Å². The summed E-state index contributed by atoms with van der Waals surface area (Å²) in [7, 11) is -5.83. The number of hydrogen-bond donors (Lipinski definition) is 1. The molecule has 0 saturated heterocycles. The zero-order chi connectivity index (χ0) is 18.9. The number of hydrogen-bond acceptors (Lipinski definition) is 4. The molecular formula is C18H18N2O4S2. The van der Waals surface area contributed by atoms with Gasteiger partial charge in [-0.3, -0.25) is 9.03 Å². The van der Waals surface area contributed by atoms with Gasteiger partial charge in [-0.1, -0.05) is 36.4 Å². The number of nitrogens with one attached hydrogen (secondary N) is 1. The van der Waals surface area contributed by atoms with Crippen molar-refractivity contribution in [1.82, 2.24) is 0 Å². The Kier molecular flexibility index (Phi) is 4.64. The molecule has 0 amide bonds. The van der Waals surface area contributed by atoms with Crippen molar-refractivity contribution in [1.29, 1.82) is 0 Å². The van der Waals surface area contributed by atoms with Gasteiger partial charge in [0.05, 0.1) is 22.5 Å². The number of anilines is 2. The lowest BCUT2D eigenvalue weighted by atomic mass is 10.1. The number of benzene rings is 3. The van der Waals surface area contributed by atoms with E-state index < -0.39 is 20.0 Å². The molecule has 6 nitrogen and oxygen atoms in total. The van der Waals surface area contributed by atoms with Gasteiger partial charge in [0.2, 0.25) is 10.0 Å². The second-order valence-corrected chi connectivity index (χ2v) is 9.59. The van der Waals surface area contributed by atoms with Gasteiger partial charge in [0.25, 0.3) is 10.0 Å². The van der Waals surface area contributed by atoms with E-state index in [1.54, 1.807) is 30.3 Å². The van der Waals surface area contributed by atoms with Gasteiger partial charge in [0.15, 0.2) is 0 Å². The van der Waals surface area contributed by atoms with E-state index in [1.807, 2.05) is 24.3 Å². The number of fused-ring (bicyclic) bond motifs is 1. The smallest absolute Gasteiger partial charge is 0.261 e. The molecule has 0 unspecified atom stereocenters. The molecule has 0 bridgehead atoms. The van der Waals surface area contributed by atoms with E-state index in [1.165, 1.54) is 19.2 Å². The third-order valence-electron chi connectivity index (χ3n) is 3.99.